The second kappa shape index (κ2) is 5.96. The standard InChI is InChI=1S/C18H19N5O/c1-12-19-11-16(20-12)18(24)23-9-7-14-15(8-10-23)21-22-17(14)13-5-3-2-4-6-13/h2-6,11H,7-10H2,1H3,(H,19,20)(H,21,22). The summed E-state index contributed by atoms with van der Waals surface area (Å²) in [4.78, 5) is 21.7. The fourth-order valence-electron chi connectivity index (χ4n) is 3.22. The van der Waals surface area contributed by atoms with E-state index in [-0.39, 0.29) is 5.91 Å². The van der Waals surface area contributed by atoms with Crippen LogP contribution in [-0.4, -0.2) is 44.1 Å². The quantitative estimate of drug-likeness (QED) is 0.760. The fourth-order valence-corrected chi connectivity index (χ4v) is 3.22. The molecule has 0 saturated heterocycles. The van der Waals surface area contributed by atoms with Crippen LogP contribution < -0.4 is 0 Å². The van der Waals surface area contributed by atoms with Crippen LogP contribution in [-0.2, 0) is 12.8 Å². The van der Waals surface area contributed by atoms with Crippen LogP contribution in [0.1, 0.15) is 27.6 Å². The number of fused-ring (bicyclic) bond motifs is 1. The summed E-state index contributed by atoms with van der Waals surface area (Å²) in [5, 5.41) is 7.66. The van der Waals surface area contributed by atoms with Gasteiger partial charge in [-0.05, 0) is 13.3 Å². The van der Waals surface area contributed by atoms with Crippen molar-refractivity contribution in [3.8, 4) is 11.3 Å². The van der Waals surface area contributed by atoms with Crippen molar-refractivity contribution in [1.82, 2.24) is 25.1 Å². The molecule has 0 fully saturated rings. The molecule has 1 aromatic carbocycles. The van der Waals surface area contributed by atoms with Crippen LogP contribution in [0.2, 0.25) is 0 Å². The number of aromatic nitrogens is 4. The van der Waals surface area contributed by atoms with E-state index in [9.17, 15) is 4.79 Å². The molecule has 3 heterocycles. The number of nitrogens with one attached hydrogen (secondary N) is 2. The summed E-state index contributed by atoms with van der Waals surface area (Å²) >= 11 is 0. The zero-order valence-electron chi connectivity index (χ0n) is 13.5. The van der Waals surface area contributed by atoms with Gasteiger partial charge in [-0.1, -0.05) is 30.3 Å². The molecule has 0 bridgehead atoms. The van der Waals surface area contributed by atoms with Crippen LogP contribution >= 0.6 is 0 Å². The van der Waals surface area contributed by atoms with Crippen LogP contribution in [0, 0.1) is 6.92 Å². The number of nitrogens with zero attached hydrogens (tertiary/aromatic N) is 3. The molecule has 0 spiro atoms. The Morgan fingerprint density at radius 1 is 1.17 bits per heavy atom. The number of aromatic amines is 2. The Bertz CT molecular complexity index is 865. The lowest BCUT2D eigenvalue weighted by Gasteiger charge is -2.19. The smallest absolute Gasteiger partial charge is 0.271 e. The van der Waals surface area contributed by atoms with E-state index in [1.807, 2.05) is 30.0 Å². The minimum atomic E-state index is 0.00923. The van der Waals surface area contributed by atoms with Crippen LogP contribution in [0.25, 0.3) is 11.3 Å². The number of aryl methyl sites for hydroxylation is 1. The minimum absolute atomic E-state index is 0.00923. The van der Waals surface area contributed by atoms with Gasteiger partial charge in [0.1, 0.15) is 11.5 Å². The first-order valence-corrected chi connectivity index (χ1v) is 8.15. The van der Waals surface area contributed by atoms with Crippen LogP contribution in [0.4, 0.5) is 0 Å². The molecular weight excluding hydrogens is 302 g/mol. The molecule has 0 aliphatic carbocycles. The number of carbonyl (C=O) groups excluding carboxylic acids is 1. The minimum Gasteiger partial charge on any atom is -0.338 e. The Balaban J connectivity index is 1.57. The number of hydrogen-bond donors (Lipinski definition) is 2. The van der Waals surface area contributed by atoms with Gasteiger partial charge < -0.3 is 9.88 Å². The topological polar surface area (TPSA) is 77.7 Å². The largest absolute Gasteiger partial charge is 0.338 e. The van der Waals surface area contributed by atoms with E-state index in [2.05, 4.69) is 32.3 Å². The van der Waals surface area contributed by atoms with E-state index in [4.69, 9.17) is 0 Å². The molecule has 6 nitrogen and oxygen atoms in total. The SMILES string of the molecule is Cc1ncc(C(=O)N2CCc3[nH]nc(-c4ccccc4)c3CC2)[nH]1. The summed E-state index contributed by atoms with van der Waals surface area (Å²) in [6, 6.07) is 10.2. The molecule has 1 aliphatic rings. The van der Waals surface area contributed by atoms with Gasteiger partial charge in [-0.3, -0.25) is 9.89 Å². The van der Waals surface area contributed by atoms with Crippen molar-refractivity contribution >= 4 is 5.91 Å². The van der Waals surface area contributed by atoms with Gasteiger partial charge in [0, 0.05) is 36.3 Å². The van der Waals surface area contributed by atoms with Gasteiger partial charge in [0.2, 0.25) is 0 Å². The number of rotatable bonds is 2. The molecule has 0 saturated carbocycles. The summed E-state index contributed by atoms with van der Waals surface area (Å²) in [5.74, 6) is 0.768. The van der Waals surface area contributed by atoms with Crippen molar-refractivity contribution in [3.63, 3.8) is 0 Å². The number of imidazole rings is 1. The van der Waals surface area contributed by atoms with Gasteiger partial charge in [0.25, 0.3) is 5.91 Å². The maximum Gasteiger partial charge on any atom is 0.271 e. The number of carbonyl (C=O) groups is 1. The van der Waals surface area contributed by atoms with Crippen molar-refractivity contribution in [2.75, 3.05) is 13.1 Å². The molecular formula is C18H19N5O. The predicted octanol–water partition coefficient (Wildman–Crippen LogP) is 2.35. The normalized spacial score (nSPS) is 14.3. The van der Waals surface area contributed by atoms with Gasteiger partial charge in [-0.15, -0.1) is 0 Å². The first-order chi connectivity index (χ1) is 11.7. The maximum absolute atomic E-state index is 12.6. The average molecular weight is 321 g/mol. The third-order valence-corrected chi connectivity index (χ3v) is 4.48. The Morgan fingerprint density at radius 3 is 2.71 bits per heavy atom. The average Bonchev–Trinajstić information content (AvgIpc) is 3.16. The molecule has 0 unspecified atom stereocenters. The van der Waals surface area contributed by atoms with Crippen molar-refractivity contribution < 1.29 is 4.79 Å². The van der Waals surface area contributed by atoms with Crippen molar-refractivity contribution in [2.45, 2.75) is 19.8 Å². The summed E-state index contributed by atoms with van der Waals surface area (Å²) in [6.45, 7) is 3.21. The van der Waals surface area contributed by atoms with Crippen molar-refractivity contribution in [2.24, 2.45) is 0 Å². The molecule has 122 valence electrons. The van der Waals surface area contributed by atoms with Crippen molar-refractivity contribution in [1.29, 1.82) is 0 Å². The Kier molecular flexibility index (Phi) is 3.65. The van der Waals surface area contributed by atoms with Crippen LogP contribution in [0.5, 0.6) is 0 Å². The van der Waals surface area contributed by atoms with Gasteiger partial charge >= 0.3 is 0 Å². The third kappa shape index (κ3) is 2.60. The monoisotopic (exact) mass is 321 g/mol. The zero-order valence-corrected chi connectivity index (χ0v) is 13.5. The number of H-pyrrole nitrogens is 2. The van der Waals surface area contributed by atoms with Crippen LogP contribution in [0.15, 0.2) is 36.5 Å². The molecule has 1 amide bonds. The summed E-state index contributed by atoms with van der Waals surface area (Å²) in [6.07, 6.45) is 3.20. The number of amides is 1. The summed E-state index contributed by atoms with van der Waals surface area (Å²) in [5.41, 5.74) is 5.01. The zero-order chi connectivity index (χ0) is 16.5. The summed E-state index contributed by atoms with van der Waals surface area (Å²) < 4.78 is 0. The van der Waals surface area contributed by atoms with Gasteiger partial charge in [0.05, 0.1) is 11.9 Å². The maximum atomic E-state index is 12.6. The lowest BCUT2D eigenvalue weighted by molar-refractivity contribution is 0.0757. The predicted molar refractivity (Wildman–Crippen MR) is 90.7 cm³/mol. The van der Waals surface area contributed by atoms with E-state index in [1.165, 1.54) is 5.56 Å². The molecule has 1 aliphatic heterocycles. The number of hydrogen-bond acceptors (Lipinski definition) is 3. The highest BCUT2D eigenvalue weighted by Gasteiger charge is 2.24. The molecule has 6 heteroatoms. The van der Waals surface area contributed by atoms with Gasteiger partial charge in [-0.25, -0.2) is 4.98 Å². The Morgan fingerprint density at radius 2 is 1.96 bits per heavy atom. The highest BCUT2D eigenvalue weighted by atomic mass is 16.2. The molecule has 0 radical (unpaired) electrons. The van der Waals surface area contributed by atoms with E-state index in [0.29, 0.717) is 18.8 Å². The first kappa shape index (κ1) is 14.7. The highest BCUT2D eigenvalue weighted by Crippen LogP contribution is 2.26. The molecule has 0 atom stereocenters. The molecule has 2 aromatic heterocycles. The number of benzene rings is 1. The van der Waals surface area contributed by atoms with Crippen molar-refractivity contribution in [3.05, 3.63) is 59.3 Å². The molecule has 24 heavy (non-hydrogen) atoms. The fraction of sp³-hybridized carbons (Fsp3) is 0.278. The van der Waals surface area contributed by atoms with E-state index in [0.717, 1.165) is 35.6 Å². The lowest BCUT2D eigenvalue weighted by atomic mass is 10.0. The Hall–Kier alpha value is -2.89. The molecule has 3 aromatic rings. The third-order valence-electron chi connectivity index (χ3n) is 4.48. The highest BCUT2D eigenvalue weighted by molar-refractivity contribution is 5.92. The Labute approximate surface area is 139 Å². The second-order valence-electron chi connectivity index (χ2n) is 6.07. The van der Waals surface area contributed by atoms with Gasteiger partial charge in [0.15, 0.2) is 0 Å². The molecule has 2 N–H and O–H groups in total. The first-order valence-electron chi connectivity index (χ1n) is 8.15. The van der Waals surface area contributed by atoms with Gasteiger partial charge in [-0.2, -0.15) is 5.10 Å². The van der Waals surface area contributed by atoms with E-state index >= 15 is 0 Å². The lowest BCUT2D eigenvalue weighted by Crippen LogP contribution is -2.33. The van der Waals surface area contributed by atoms with Crippen LogP contribution in [0.3, 0.4) is 0 Å². The second-order valence-corrected chi connectivity index (χ2v) is 6.07. The molecule has 4 rings (SSSR count). The van der Waals surface area contributed by atoms with E-state index < -0.39 is 0 Å². The summed E-state index contributed by atoms with van der Waals surface area (Å²) in [7, 11) is 0. The van der Waals surface area contributed by atoms with E-state index in [1.54, 1.807) is 6.20 Å².